The van der Waals surface area contributed by atoms with E-state index in [1.807, 2.05) is 0 Å². The van der Waals surface area contributed by atoms with Crippen molar-refractivity contribution in [2.45, 2.75) is 13.8 Å². The molecule has 1 heterocycles. The minimum Gasteiger partial charge on any atom is -0.430 e. The molecule has 0 fully saturated rings. The molecule has 2 rings (SSSR count). The molecule has 0 aliphatic carbocycles. The molecular weight excluding hydrogens is 377 g/mol. The Morgan fingerprint density at radius 3 is 2.75 bits per heavy atom. The molecule has 0 saturated carbocycles. The van der Waals surface area contributed by atoms with Gasteiger partial charge in [-0.05, 0) is 47.6 Å². The van der Waals surface area contributed by atoms with Gasteiger partial charge in [-0.15, -0.1) is 0 Å². The van der Waals surface area contributed by atoms with Gasteiger partial charge in [-0.1, -0.05) is 6.07 Å². The maximum Gasteiger partial charge on any atom is 0.312 e. The van der Waals surface area contributed by atoms with Gasteiger partial charge in [0.2, 0.25) is 11.6 Å². The van der Waals surface area contributed by atoms with Gasteiger partial charge >= 0.3 is 5.69 Å². The Balaban J connectivity index is 2.56. The molecule has 1 aromatic heterocycles. The van der Waals surface area contributed by atoms with Gasteiger partial charge in [0.05, 0.1) is 11.3 Å². The predicted molar refractivity (Wildman–Crippen MR) is 80.2 cm³/mol. The number of aryl methyl sites for hydroxylation is 2. The van der Waals surface area contributed by atoms with Crippen molar-refractivity contribution in [3.05, 3.63) is 53.6 Å². The minimum absolute atomic E-state index is 0.0457. The Morgan fingerprint density at radius 1 is 1.40 bits per heavy atom. The van der Waals surface area contributed by atoms with Gasteiger partial charge in [0.1, 0.15) is 3.57 Å². The number of nitro groups is 1. The van der Waals surface area contributed by atoms with Crippen LogP contribution in [0.1, 0.15) is 11.1 Å². The van der Waals surface area contributed by atoms with Crippen molar-refractivity contribution in [1.82, 2.24) is 9.97 Å². The third kappa shape index (κ3) is 2.79. The summed E-state index contributed by atoms with van der Waals surface area (Å²) in [5.74, 6) is 0.140. The van der Waals surface area contributed by atoms with E-state index < -0.39 is 4.92 Å². The second-order valence-corrected chi connectivity index (χ2v) is 5.22. The Hall–Kier alpha value is -1.97. The van der Waals surface area contributed by atoms with Crippen LogP contribution in [-0.2, 0) is 0 Å². The topological polar surface area (TPSA) is 98.1 Å². The van der Waals surface area contributed by atoms with Gasteiger partial charge in [0.15, 0.2) is 0 Å². The number of aromatic nitrogens is 2. The van der Waals surface area contributed by atoms with Gasteiger partial charge in [0.25, 0.3) is 5.56 Å². The highest BCUT2D eigenvalue weighted by Crippen LogP contribution is 2.35. The Labute approximate surface area is 127 Å². The normalized spacial score (nSPS) is 10.3. The molecule has 1 N–H and O–H groups in total. The molecule has 0 aliphatic heterocycles. The molecule has 7 nitrogen and oxygen atoms in total. The van der Waals surface area contributed by atoms with Crippen molar-refractivity contribution in [2.75, 3.05) is 0 Å². The second-order valence-electron chi connectivity index (χ2n) is 4.14. The van der Waals surface area contributed by atoms with Crippen molar-refractivity contribution in [3.8, 4) is 11.6 Å². The van der Waals surface area contributed by atoms with Crippen molar-refractivity contribution in [3.63, 3.8) is 0 Å². The third-order valence-corrected chi connectivity index (χ3v) is 3.51. The van der Waals surface area contributed by atoms with E-state index in [0.717, 1.165) is 5.56 Å². The van der Waals surface area contributed by atoms with Crippen LogP contribution in [0.5, 0.6) is 11.6 Å². The van der Waals surface area contributed by atoms with Crippen LogP contribution in [0.15, 0.2) is 23.3 Å². The van der Waals surface area contributed by atoms with Crippen molar-refractivity contribution in [2.24, 2.45) is 0 Å². The highest BCUT2D eigenvalue weighted by molar-refractivity contribution is 14.1. The highest BCUT2D eigenvalue weighted by Gasteiger charge is 2.21. The molecule has 0 atom stereocenters. The molecule has 1 aromatic carbocycles. The predicted octanol–water partition coefficient (Wildman–Crippen LogP) is 2.69. The maximum absolute atomic E-state index is 11.5. The first-order valence-electron chi connectivity index (χ1n) is 5.57. The standard InChI is InChI=1S/C12H10IN3O4/c1-6-3-7(2)10(8(4-6)16(18)19)20-12-9(13)11(17)14-5-15-12/h3-5H,1-2H3,(H,14,15,17). The zero-order chi connectivity index (χ0) is 14.9. The SMILES string of the molecule is Cc1cc(C)c(Oc2nc[nH]c(=O)c2I)c([N+](=O)[O-])c1. The number of benzene rings is 1. The zero-order valence-electron chi connectivity index (χ0n) is 10.6. The van der Waals surface area contributed by atoms with Gasteiger partial charge in [-0.3, -0.25) is 14.9 Å². The molecule has 0 spiro atoms. The molecular formula is C12H10IN3O4. The number of ether oxygens (including phenoxy) is 1. The second kappa shape index (κ2) is 5.57. The van der Waals surface area contributed by atoms with Gasteiger partial charge in [0, 0.05) is 6.07 Å². The van der Waals surface area contributed by atoms with E-state index in [0.29, 0.717) is 5.56 Å². The van der Waals surface area contributed by atoms with Gasteiger partial charge < -0.3 is 9.72 Å². The number of halogens is 1. The van der Waals surface area contributed by atoms with E-state index in [9.17, 15) is 14.9 Å². The molecule has 0 aliphatic rings. The average molecular weight is 387 g/mol. The quantitative estimate of drug-likeness (QED) is 0.496. The summed E-state index contributed by atoms with van der Waals surface area (Å²) in [6.45, 7) is 3.47. The molecule has 0 bridgehead atoms. The van der Waals surface area contributed by atoms with Crippen LogP contribution in [0, 0.1) is 27.5 Å². The van der Waals surface area contributed by atoms with Crippen LogP contribution < -0.4 is 10.3 Å². The molecule has 0 radical (unpaired) electrons. The van der Waals surface area contributed by atoms with Crippen LogP contribution in [0.25, 0.3) is 0 Å². The Kier molecular flexibility index (Phi) is 4.02. The van der Waals surface area contributed by atoms with Crippen LogP contribution in [0.4, 0.5) is 5.69 Å². The molecule has 8 heteroatoms. The number of aromatic amines is 1. The largest absolute Gasteiger partial charge is 0.430 e. The molecule has 0 saturated heterocycles. The smallest absolute Gasteiger partial charge is 0.312 e. The average Bonchev–Trinajstić information content (AvgIpc) is 2.37. The monoisotopic (exact) mass is 387 g/mol. The van der Waals surface area contributed by atoms with Crippen LogP contribution in [0.3, 0.4) is 0 Å². The first-order chi connectivity index (χ1) is 9.40. The summed E-state index contributed by atoms with van der Waals surface area (Å²) in [4.78, 5) is 28.3. The van der Waals surface area contributed by atoms with E-state index in [1.54, 1.807) is 42.5 Å². The lowest BCUT2D eigenvalue weighted by Gasteiger charge is -2.09. The number of hydrogen-bond acceptors (Lipinski definition) is 5. The minimum atomic E-state index is -0.518. The Bertz CT molecular complexity index is 742. The lowest BCUT2D eigenvalue weighted by molar-refractivity contribution is -0.385. The van der Waals surface area contributed by atoms with Crippen molar-refractivity contribution >= 4 is 28.3 Å². The maximum atomic E-state index is 11.5. The number of hydrogen-bond donors (Lipinski definition) is 1. The van der Waals surface area contributed by atoms with E-state index >= 15 is 0 Å². The molecule has 20 heavy (non-hydrogen) atoms. The summed E-state index contributed by atoms with van der Waals surface area (Å²) < 4.78 is 5.72. The van der Waals surface area contributed by atoms with Crippen LogP contribution in [0.2, 0.25) is 0 Å². The van der Waals surface area contributed by atoms with Gasteiger partial charge in [-0.25, -0.2) is 4.98 Å². The first-order valence-corrected chi connectivity index (χ1v) is 6.64. The number of nitrogens with one attached hydrogen (secondary N) is 1. The summed E-state index contributed by atoms with van der Waals surface area (Å²) in [5, 5.41) is 11.1. The third-order valence-electron chi connectivity index (χ3n) is 2.56. The summed E-state index contributed by atoms with van der Waals surface area (Å²) in [5.41, 5.74) is 0.855. The van der Waals surface area contributed by atoms with Crippen molar-refractivity contribution < 1.29 is 9.66 Å². The van der Waals surface area contributed by atoms with Crippen LogP contribution in [-0.4, -0.2) is 14.9 Å². The summed E-state index contributed by atoms with van der Waals surface area (Å²) in [6.07, 6.45) is 1.19. The fourth-order valence-corrected chi connectivity index (χ4v) is 2.14. The fourth-order valence-electron chi connectivity index (χ4n) is 1.73. The highest BCUT2D eigenvalue weighted by atomic mass is 127. The fraction of sp³-hybridized carbons (Fsp3) is 0.167. The van der Waals surface area contributed by atoms with Gasteiger partial charge in [-0.2, -0.15) is 0 Å². The number of nitrogens with zero attached hydrogens (tertiary/aromatic N) is 2. The van der Waals surface area contributed by atoms with E-state index in [-0.39, 0.29) is 26.4 Å². The number of nitro benzene ring substituents is 1. The molecule has 104 valence electrons. The lowest BCUT2D eigenvalue weighted by atomic mass is 10.1. The molecule has 0 unspecified atom stereocenters. The first kappa shape index (κ1) is 14.4. The van der Waals surface area contributed by atoms with Crippen molar-refractivity contribution in [1.29, 1.82) is 0 Å². The summed E-state index contributed by atoms with van der Waals surface area (Å²) in [7, 11) is 0. The zero-order valence-corrected chi connectivity index (χ0v) is 12.8. The Morgan fingerprint density at radius 2 is 2.10 bits per heavy atom. The summed E-state index contributed by atoms with van der Waals surface area (Å²) in [6, 6.07) is 3.19. The molecule has 0 amide bonds. The summed E-state index contributed by atoms with van der Waals surface area (Å²) >= 11 is 1.78. The number of H-pyrrole nitrogens is 1. The molecule has 2 aromatic rings. The lowest BCUT2D eigenvalue weighted by Crippen LogP contribution is -2.11. The van der Waals surface area contributed by atoms with E-state index in [4.69, 9.17) is 4.74 Å². The van der Waals surface area contributed by atoms with E-state index in [1.165, 1.54) is 12.4 Å². The van der Waals surface area contributed by atoms with E-state index in [2.05, 4.69) is 9.97 Å². The number of rotatable bonds is 3. The van der Waals surface area contributed by atoms with Crippen LogP contribution >= 0.6 is 22.6 Å².